The summed E-state index contributed by atoms with van der Waals surface area (Å²) in [6, 6.07) is 9.24. The summed E-state index contributed by atoms with van der Waals surface area (Å²) in [5.74, 6) is 0.368. The molecule has 0 fully saturated rings. The molecule has 0 bridgehead atoms. The van der Waals surface area contributed by atoms with Gasteiger partial charge in [-0.3, -0.25) is 4.57 Å². The van der Waals surface area contributed by atoms with Crippen LogP contribution in [0.2, 0.25) is 5.02 Å². The van der Waals surface area contributed by atoms with Crippen molar-refractivity contribution in [2.45, 2.75) is 0 Å². The molecule has 0 saturated carbocycles. The van der Waals surface area contributed by atoms with E-state index in [2.05, 4.69) is 4.98 Å². The van der Waals surface area contributed by atoms with Gasteiger partial charge in [0.25, 0.3) is 0 Å². The first kappa shape index (κ1) is 8.79. The van der Waals surface area contributed by atoms with E-state index >= 15 is 0 Å². The molecule has 0 N–H and O–H groups in total. The van der Waals surface area contributed by atoms with Gasteiger partial charge in [-0.2, -0.15) is 5.26 Å². The van der Waals surface area contributed by atoms with Crippen molar-refractivity contribution in [3.8, 4) is 11.8 Å². The number of hydrogen-bond donors (Lipinski definition) is 0. The second-order valence-corrected chi connectivity index (χ2v) is 3.15. The molecule has 0 aliphatic rings. The largest absolute Gasteiger partial charge is 0.291 e. The lowest BCUT2D eigenvalue weighted by Gasteiger charge is -2.02. The maximum Gasteiger partial charge on any atom is 0.217 e. The van der Waals surface area contributed by atoms with Crippen LogP contribution in [0.4, 0.5) is 0 Å². The third-order valence-corrected chi connectivity index (χ3v) is 2.10. The second-order valence-electron chi connectivity index (χ2n) is 2.71. The summed E-state index contributed by atoms with van der Waals surface area (Å²) in [5, 5.41) is 9.44. The number of nitriles is 1. The molecule has 0 saturated heterocycles. The fourth-order valence-corrected chi connectivity index (χ4v) is 1.32. The minimum atomic E-state index is 0.368. The summed E-state index contributed by atoms with van der Waals surface area (Å²) >= 11 is 5.76. The molecule has 0 atom stereocenters. The van der Waals surface area contributed by atoms with Gasteiger partial charge in [0.05, 0.1) is 0 Å². The molecule has 0 unspecified atom stereocenters. The number of halogens is 1. The highest BCUT2D eigenvalue weighted by atomic mass is 35.5. The zero-order chi connectivity index (χ0) is 9.97. The lowest BCUT2D eigenvalue weighted by Crippen LogP contribution is -1.95. The van der Waals surface area contributed by atoms with Crippen LogP contribution in [0.5, 0.6) is 0 Å². The van der Waals surface area contributed by atoms with Gasteiger partial charge in [-0.15, -0.1) is 0 Å². The zero-order valence-electron chi connectivity index (χ0n) is 7.18. The molecule has 0 aliphatic carbocycles. The Balaban J connectivity index is 2.50. The van der Waals surface area contributed by atoms with Crippen molar-refractivity contribution < 1.29 is 0 Å². The average Bonchev–Trinajstić information content (AvgIpc) is 2.67. The Bertz CT molecular complexity index is 479. The maximum absolute atomic E-state index is 8.76. The molecule has 2 rings (SSSR count). The standard InChI is InChI=1S/C10H6ClN3/c11-8-1-3-9(4-2-8)14-6-5-13-10(14)7-12/h1-6H. The fourth-order valence-electron chi connectivity index (χ4n) is 1.20. The highest BCUT2D eigenvalue weighted by Crippen LogP contribution is 2.14. The quantitative estimate of drug-likeness (QED) is 0.714. The first-order valence-corrected chi connectivity index (χ1v) is 4.38. The van der Waals surface area contributed by atoms with Crippen LogP contribution < -0.4 is 0 Å². The highest BCUT2D eigenvalue weighted by molar-refractivity contribution is 6.30. The van der Waals surface area contributed by atoms with Crippen LogP contribution in [0, 0.1) is 11.3 Å². The average molecular weight is 204 g/mol. The monoisotopic (exact) mass is 203 g/mol. The fraction of sp³-hybridized carbons (Fsp3) is 0. The first-order chi connectivity index (χ1) is 6.81. The Morgan fingerprint density at radius 1 is 1.29 bits per heavy atom. The van der Waals surface area contributed by atoms with E-state index in [4.69, 9.17) is 16.9 Å². The Labute approximate surface area is 86.2 Å². The van der Waals surface area contributed by atoms with Gasteiger partial charge in [-0.05, 0) is 24.3 Å². The van der Waals surface area contributed by atoms with Crippen molar-refractivity contribution in [3.05, 3.63) is 47.5 Å². The summed E-state index contributed by atoms with van der Waals surface area (Å²) in [4.78, 5) is 3.90. The maximum atomic E-state index is 8.76. The van der Waals surface area contributed by atoms with E-state index in [0.29, 0.717) is 10.8 Å². The van der Waals surface area contributed by atoms with Gasteiger partial charge in [-0.1, -0.05) is 11.6 Å². The molecule has 0 radical (unpaired) electrons. The van der Waals surface area contributed by atoms with Gasteiger partial charge in [0.2, 0.25) is 5.82 Å². The molecule has 1 heterocycles. The third-order valence-electron chi connectivity index (χ3n) is 1.85. The Hall–Kier alpha value is -1.79. The summed E-state index contributed by atoms with van der Waals surface area (Å²) in [6.07, 6.45) is 3.33. The number of imidazole rings is 1. The summed E-state index contributed by atoms with van der Waals surface area (Å²) < 4.78 is 1.70. The van der Waals surface area contributed by atoms with Gasteiger partial charge < -0.3 is 0 Å². The highest BCUT2D eigenvalue weighted by Gasteiger charge is 2.02. The molecule has 2 aromatic rings. The van der Waals surface area contributed by atoms with Gasteiger partial charge in [0.1, 0.15) is 6.07 Å². The molecule has 1 aromatic carbocycles. The molecule has 0 aliphatic heterocycles. The number of benzene rings is 1. The lowest BCUT2D eigenvalue weighted by molar-refractivity contribution is 1.02. The van der Waals surface area contributed by atoms with Crippen LogP contribution in [0.1, 0.15) is 5.82 Å². The van der Waals surface area contributed by atoms with Gasteiger partial charge in [0, 0.05) is 23.1 Å². The van der Waals surface area contributed by atoms with Gasteiger partial charge >= 0.3 is 0 Å². The normalized spacial score (nSPS) is 9.71. The first-order valence-electron chi connectivity index (χ1n) is 4.00. The van der Waals surface area contributed by atoms with Crippen LogP contribution in [0.25, 0.3) is 5.69 Å². The molecule has 0 amide bonds. The topological polar surface area (TPSA) is 41.6 Å². The van der Waals surface area contributed by atoms with Gasteiger partial charge in [0.15, 0.2) is 0 Å². The Morgan fingerprint density at radius 3 is 2.64 bits per heavy atom. The van der Waals surface area contributed by atoms with Crippen molar-refractivity contribution in [3.63, 3.8) is 0 Å². The van der Waals surface area contributed by atoms with E-state index in [9.17, 15) is 0 Å². The predicted octanol–water partition coefficient (Wildman–Crippen LogP) is 2.40. The number of hydrogen-bond acceptors (Lipinski definition) is 2. The minimum Gasteiger partial charge on any atom is -0.291 e. The van der Waals surface area contributed by atoms with Crippen molar-refractivity contribution in [2.75, 3.05) is 0 Å². The molecular formula is C10H6ClN3. The van der Waals surface area contributed by atoms with Crippen LogP contribution >= 0.6 is 11.6 Å². The predicted molar refractivity (Wildman–Crippen MR) is 53.3 cm³/mol. The molecule has 1 aromatic heterocycles. The van der Waals surface area contributed by atoms with E-state index in [1.807, 2.05) is 18.2 Å². The Morgan fingerprint density at radius 2 is 2.00 bits per heavy atom. The van der Waals surface area contributed by atoms with Crippen LogP contribution in [0.3, 0.4) is 0 Å². The second kappa shape index (κ2) is 3.52. The SMILES string of the molecule is N#Cc1nccn1-c1ccc(Cl)cc1. The number of rotatable bonds is 1. The van der Waals surface area contributed by atoms with E-state index < -0.39 is 0 Å². The lowest BCUT2D eigenvalue weighted by atomic mass is 10.3. The molecule has 68 valence electrons. The van der Waals surface area contributed by atoms with Gasteiger partial charge in [-0.25, -0.2) is 4.98 Å². The number of nitrogens with zero attached hydrogens (tertiary/aromatic N) is 3. The molecule has 3 nitrogen and oxygen atoms in total. The van der Waals surface area contributed by atoms with Crippen molar-refractivity contribution >= 4 is 11.6 Å². The molecule has 0 spiro atoms. The van der Waals surface area contributed by atoms with E-state index in [0.717, 1.165) is 5.69 Å². The van der Waals surface area contributed by atoms with Crippen LogP contribution in [0.15, 0.2) is 36.7 Å². The van der Waals surface area contributed by atoms with E-state index in [1.165, 1.54) is 0 Å². The van der Waals surface area contributed by atoms with Crippen molar-refractivity contribution in [2.24, 2.45) is 0 Å². The smallest absolute Gasteiger partial charge is 0.217 e. The Kier molecular flexibility index (Phi) is 2.21. The zero-order valence-corrected chi connectivity index (χ0v) is 7.94. The van der Waals surface area contributed by atoms with Crippen molar-refractivity contribution in [1.82, 2.24) is 9.55 Å². The molecule has 4 heteroatoms. The summed E-state index contributed by atoms with van der Waals surface area (Å²) in [7, 11) is 0. The van der Waals surface area contributed by atoms with Crippen molar-refractivity contribution in [1.29, 1.82) is 5.26 Å². The molecular weight excluding hydrogens is 198 g/mol. The van der Waals surface area contributed by atoms with Crippen LogP contribution in [-0.4, -0.2) is 9.55 Å². The number of aromatic nitrogens is 2. The van der Waals surface area contributed by atoms with Crippen LogP contribution in [-0.2, 0) is 0 Å². The third kappa shape index (κ3) is 1.48. The van der Waals surface area contributed by atoms with E-state index in [1.54, 1.807) is 29.1 Å². The minimum absolute atomic E-state index is 0.368. The summed E-state index contributed by atoms with van der Waals surface area (Å²) in [5.41, 5.74) is 0.878. The van der Waals surface area contributed by atoms with E-state index in [-0.39, 0.29) is 0 Å². The summed E-state index contributed by atoms with van der Waals surface area (Å²) in [6.45, 7) is 0. The molecule has 14 heavy (non-hydrogen) atoms.